The maximum absolute atomic E-state index is 12.5. The number of non-ortho nitro benzene ring substituents is 1. The number of nitrogens with zero attached hydrogens (tertiary/aromatic N) is 2. The van der Waals surface area contributed by atoms with Crippen LogP contribution in [-0.2, 0) is 14.3 Å². The number of benzene rings is 1. The maximum Gasteiger partial charge on any atom is 0.326 e. The molecule has 0 saturated heterocycles. The molecule has 1 aliphatic heterocycles. The monoisotopic (exact) mass is 350 g/mol. The second-order valence-electron chi connectivity index (χ2n) is 5.78. The van der Waals surface area contributed by atoms with Gasteiger partial charge in [-0.3, -0.25) is 24.6 Å². The first-order chi connectivity index (χ1) is 12.0. The van der Waals surface area contributed by atoms with Crippen molar-refractivity contribution in [3.8, 4) is 5.75 Å². The zero-order valence-corrected chi connectivity index (χ0v) is 14.4. The lowest BCUT2D eigenvalue weighted by Gasteiger charge is -2.33. The van der Waals surface area contributed by atoms with Crippen LogP contribution in [0, 0.1) is 10.1 Å². The number of hydrogen-bond donors (Lipinski definition) is 0. The second-order valence-corrected chi connectivity index (χ2v) is 5.78. The van der Waals surface area contributed by atoms with E-state index in [0.29, 0.717) is 18.8 Å². The lowest BCUT2D eigenvalue weighted by atomic mass is 10.1. The molecule has 0 spiro atoms. The molecule has 0 N–H and O–H groups in total. The summed E-state index contributed by atoms with van der Waals surface area (Å²) in [5.41, 5.74) is 0.0424. The van der Waals surface area contributed by atoms with Crippen LogP contribution in [0.5, 0.6) is 5.75 Å². The third kappa shape index (κ3) is 4.46. The Morgan fingerprint density at radius 2 is 2.12 bits per heavy atom. The fourth-order valence-corrected chi connectivity index (χ4v) is 2.56. The molecule has 0 aromatic heterocycles. The number of fused-ring (bicyclic) bond motifs is 1. The number of unbranched alkanes of at least 4 members (excludes halogenated alkanes) is 2. The highest BCUT2D eigenvalue weighted by molar-refractivity contribution is 6.03. The summed E-state index contributed by atoms with van der Waals surface area (Å²) in [6.45, 7) is 3.84. The molecule has 1 atom stereocenters. The Morgan fingerprint density at radius 1 is 1.36 bits per heavy atom. The van der Waals surface area contributed by atoms with Gasteiger partial charge >= 0.3 is 5.97 Å². The van der Waals surface area contributed by atoms with Gasteiger partial charge in [0.25, 0.3) is 11.6 Å². The number of nitro benzene ring substituents is 1. The van der Waals surface area contributed by atoms with Crippen molar-refractivity contribution in [1.82, 2.24) is 0 Å². The maximum atomic E-state index is 12.5. The number of ether oxygens (including phenoxy) is 2. The molecular weight excluding hydrogens is 328 g/mol. The van der Waals surface area contributed by atoms with Crippen molar-refractivity contribution in [1.29, 1.82) is 0 Å². The Morgan fingerprint density at radius 3 is 2.76 bits per heavy atom. The number of carbonyl (C=O) groups excluding carboxylic acids is 2. The topological polar surface area (TPSA) is 99.0 Å². The first-order valence-corrected chi connectivity index (χ1v) is 8.40. The normalized spacial score (nSPS) is 16.2. The van der Waals surface area contributed by atoms with Crippen LogP contribution in [0.2, 0.25) is 0 Å². The molecule has 25 heavy (non-hydrogen) atoms. The number of nitro groups is 1. The summed E-state index contributed by atoms with van der Waals surface area (Å²) < 4.78 is 10.7. The van der Waals surface area contributed by atoms with Crippen LogP contribution in [0.25, 0.3) is 0 Å². The average Bonchev–Trinajstić information content (AvgIpc) is 2.60. The molecule has 2 rings (SSSR count). The van der Waals surface area contributed by atoms with Gasteiger partial charge in [0.05, 0.1) is 17.2 Å². The second kappa shape index (κ2) is 8.46. The molecule has 8 nitrogen and oxygen atoms in total. The SMILES string of the molecule is CCCCCOC(=O)CN1C(=O)C(CC)Oc2ccc([N+](=O)[O-])cc21. The molecule has 1 heterocycles. The number of esters is 1. The van der Waals surface area contributed by atoms with Crippen molar-refractivity contribution in [2.75, 3.05) is 18.1 Å². The van der Waals surface area contributed by atoms with E-state index < -0.39 is 22.9 Å². The predicted molar refractivity (Wildman–Crippen MR) is 90.6 cm³/mol. The van der Waals surface area contributed by atoms with Crippen molar-refractivity contribution in [3.63, 3.8) is 0 Å². The number of rotatable bonds is 8. The molecule has 8 heteroatoms. The van der Waals surface area contributed by atoms with E-state index in [9.17, 15) is 19.7 Å². The van der Waals surface area contributed by atoms with E-state index in [1.807, 2.05) is 6.92 Å². The molecule has 136 valence electrons. The Labute approximate surface area is 145 Å². The van der Waals surface area contributed by atoms with Crippen molar-refractivity contribution < 1.29 is 24.0 Å². The Hall–Kier alpha value is -2.64. The molecule has 1 aromatic rings. The van der Waals surface area contributed by atoms with E-state index >= 15 is 0 Å². The summed E-state index contributed by atoms with van der Waals surface area (Å²) in [5.74, 6) is -0.601. The highest BCUT2D eigenvalue weighted by Crippen LogP contribution is 2.37. The minimum Gasteiger partial charge on any atom is -0.478 e. The third-order valence-electron chi connectivity index (χ3n) is 3.92. The standard InChI is InChI=1S/C17H22N2O6/c1-3-5-6-9-24-16(20)11-18-13-10-12(19(22)23)7-8-15(13)25-14(4-2)17(18)21/h7-8,10,14H,3-6,9,11H2,1-2H3. The molecular formula is C17H22N2O6. The summed E-state index contributed by atoms with van der Waals surface area (Å²) in [7, 11) is 0. The van der Waals surface area contributed by atoms with Crippen LogP contribution in [0.3, 0.4) is 0 Å². The largest absolute Gasteiger partial charge is 0.478 e. The summed E-state index contributed by atoms with van der Waals surface area (Å²) in [6.07, 6.45) is 2.43. The van der Waals surface area contributed by atoms with Crippen LogP contribution in [0.4, 0.5) is 11.4 Å². The lowest BCUT2D eigenvalue weighted by molar-refractivity contribution is -0.384. The fraction of sp³-hybridized carbons (Fsp3) is 0.529. The molecule has 1 aromatic carbocycles. The van der Waals surface area contributed by atoms with Crippen molar-refractivity contribution in [3.05, 3.63) is 28.3 Å². The molecule has 0 saturated carbocycles. The third-order valence-corrected chi connectivity index (χ3v) is 3.92. The van der Waals surface area contributed by atoms with Crippen LogP contribution < -0.4 is 9.64 Å². The summed E-state index contributed by atoms with van der Waals surface area (Å²) in [5, 5.41) is 11.0. The minimum atomic E-state index is -0.721. The van der Waals surface area contributed by atoms with Gasteiger partial charge in [0, 0.05) is 12.1 Å². The van der Waals surface area contributed by atoms with Crippen molar-refractivity contribution in [2.45, 2.75) is 45.6 Å². The highest BCUT2D eigenvalue weighted by Gasteiger charge is 2.35. The van der Waals surface area contributed by atoms with E-state index in [0.717, 1.165) is 19.3 Å². The van der Waals surface area contributed by atoms with Gasteiger partial charge in [0.2, 0.25) is 0 Å². The predicted octanol–water partition coefficient (Wildman–Crippen LogP) is 2.83. The Kier molecular flexibility index (Phi) is 6.32. The van der Waals surface area contributed by atoms with Gasteiger partial charge in [0.1, 0.15) is 12.3 Å². The van der Waals surface area contributed by atoms with Crippen molar-refractivity contribution in [2.24, 2.45) is 0 Å². The van der Waals surface area contributed by atoms with Gasteiger partial charge in [-0.15, -0.1) is 0 Å². The van der Waals surface area contributed by atoms with Crippen LogP contribution in [0.15, 0.2) is 18.2 Å². The van der Waals surface area contributed by atoms with Crippen LogP contribution >= 0.6 is 0 Å². The summed E-state index contributed by atoms with van der Waals surface area (Å²) >= 11 is 0. The summed E-state index contributed by atoms with van der Waals surface area (Å²) in [4.78, 5) is 36.2. The first-order valence-electron chi connectivity index (χ1n) is 8.40. The minimum absolute atomic E-state index is 0.175. The molecule has 1 aliphatic rings. The van der Waals surface area contributed by atoms with Crippen LogP contribution in [-0.4, -0.2) is 36.1 Å². The molecule has 0 fully saturated rings. The van der Waals surface area contributed by atoms with Gasteiger partial charge in [-0.2, -0.15) is 0 Å². The zero-order valence-electron chi connectivity index (χ0n) is 14.4. The molecule has 0 bridgehead atoms. The zero-order chi connectivity index (χ0) is 18.4. The molecule has 0 radical (unpaired) electrons. The van der Waals surface area contributed by atoms with Gasteiger partial charge < -0.3 is 9.47 Å². The Balaban J connectivity index is 2.20. The Bertz CT molecular complexity index is 661. The van der Waals surface area contributed by atoms with Gasteiger partial charge in [0.15, 0.2) is 6.10 Å². The number of hydrogen-bond acceptors (Lipinski definition) is 6. The van der Waals surface area contributed by atoms with E-state index in [2.05, 4.69) is 0 Å². The van der Waals surface area contributed by atoms with Gasteiger partial charge in [-0.25, -0.2) is 0 Å². The first kappa shape index (κ1) is 18.7. The number of anilines is 1. The van der Waals surface area contributed by atoms with Crippen molar-refractivity contribution >= 4 is 23.3 Å². The van der Waals surface area contributed by atoms with E-state index in [4.69, 9.17) is 9.47 Å². The average molecular weight is 350 g/mol. The quantitative estimate of drug-likeness (QED) is 0.309. The van der Waals surface area contributed by atoms with E-state index in [1.165, 1.54) is 23.1 Å². The summed E-state index contributed by atoms with van der Waals surface area (Å²) in [6, 6.07) is 3.99. The number of carbonyl (C=O) groups is 2. The highest BCUT2D eigenvalue weighted by atomic mass is 16.6. The van der Waals surface area contributed by atoms with Gasteiger partial charge in [-0.1, -0.05) is 26.7 Å². The molecule has 1 unspecified atom stereocenters. The molecule has 1 amide bonds. The van der Waals surface area contributed by atoms with E-state index in [-0.39, 0.29) is 17.9 Å². The van der Waals surface area contributed by atoms with Crippen LogP contribution in [0.1, 0.15) is 39.5 Å². The van der Waals surface area contributed by atoms with E-state index in [1.54, 1.807) is 6.92 Å². The lowest BCUT2D eigenvalue weighted by Crippen LogP contribution is -2.48. The fourth-order valence-electron chi connectivity index (χ4n) is 2.56. The van der Waals surface area contributed by atoms with Gasteiger partial charge in [-0.05, 0) is 18.9 Å². The number of amides is 1. The smallest absolute Gasteiger partial charge is 0.326 e. The molecule has 0 aliphatic carbocycles.